The summed E-state index contributed by atoms with van der Waals surface area (Å²) in [5.41, 5.74) is 0.0638. The lowest BCUT2D eigenvalue weighted by Crippen LogP contribution is -2.29. The number of nitrogens with zero attached hydrogens (tertiary/aromatic N) is 2. The van der Waals surface area contributed by atoms with E-state index in [1.165, 1.54) is 27.7 Å². The van der Waals surface area contributed by atoms with Crippen LogP contribution < -0.4 is 5.56 Å². The SMILES string of the molecule is Cn1c(SCC(C)(CO)CO)nc2ccsc2c1=O. The summed E-state index contributed by atoms with van der Waals surface area (Å²) in [5.74, 6) is 0.496. The average molecular weight is 300 g/mol. The molecule has 0 aromatic carbocycles. The zero-order chi connectivity index (χ0) is 14.0. The van der Waals surface area contributed by atoms with E-state index >= 15 is 0 Å². The minimum absolute atomic E-state index is 0.0581. The molecule has 7 heteroatoms. The van der Waals surface area contributed by atoms with Crippen molar-refractivity contribution in [3.05, 3.63) is 21.8 Å². The fourth-order valence-electron chi connectivity index (χ4n) is 1.48. The first kappa shape index (κ1) is 14.5. The highest BCUT2D eigenvalue weighted by Gasteiger charge is 2.23. The van der Waals surface area contributed by atoms with Gasteiger partial charge in [0.05, 0.1) is 18.7 Å². The van der Waals surface area contributed by atoms with Crippen LogP contribution in [0.4, 0.5) is 0 Å². The van der Waals surface area contributed by atoms with Gasteiger partial charge in [0.1, 0.15) is 4.70 Å². The third-order valence-corrected chi connectivity index (χ3v) is 5.32. The van der Waals surface area contributed by atoms with Crippen molar-refractivity contribution >= 4 is 33.3 Å². The summed E-state index contributed by atoms with van der Waals surface area (Å²) in [6, 6.07) is 1.82. The Hall–Kier alpha value is -0.890. The van der Waals surface area contributed by atoms with Crippen molar-refractivity contribution in [1.82, 2.24) is 9.55 Å². The van der Waals surface area contributed by atoms with Crippen LogP contribution >= 0.6 is 23.1 Å². The molecule has 2 aromatic heterocycles. The van der Waals surface area contributed by atoms with E-state index in [9.17, 15) is 15.0 Å². The number of hydrogen-bond acceptors (Lipinski definition) is 6. The van der Waals surface area contributed by atoms with Crippen molar-refractivity contribution < 1.29 is 10.2 Å². The van der Waals surface area contributed by atoms with E-state index in [1.807, 2.05) is 11.4 Å². The van der Waals surface area contributed by atoms with Gasteiger partial charge in [-0.3, -0.25) is 9.36 Å². The number of fused-ring (bicyclic) bond motifs is 1. The maximum atomic E-state index is 12.1. The first-order chi connectivity index (χ1) is 9.00. The molecular weight excluding hydrogens is 284 g/mol. The van der Waals surface area contributed by atoms with Gasteiger partial charge in [0.25, 0.3) is 5.56 Å². The first-order valence-electron chi connectivity index (χ1n) is 5.79. The van der Waals surface area contributed by atoms with Gasteiger partial charge in [0.15, 0.2) is 5.16 Å². The summed E-state index contributed by atoms with van der Waals surface area (Å²) in [5, 5.41) is 21.0. The molecule has 0 radical (unpaired) electrons. The third kappa shape index (κ3) is 2.84. The van der Waals surface area contributed by atoms with Gasteiger partial charge in [-0.1, -0.05) is 18.7 Å². The summed E-state index contributed by atoms with van der Waals surface area (Å²) in [6.45, 7) is 1.58. The molecule has 0 aliphatic rings. The zero-order valence-electron chi connectivity index (χ0n) is 10.8. The molecule has 0 bridgehead atoms. The zero-order valence-corrected chi connectivity index (χ0v) is 12.4. The lowest BCUT2D eigenvalue weighted by atomic mass is 9.96. The van der Waals surface area contributed by atoms with E-state index in [0.29, 0.717) is 21.1 Å². The monoisotopic (exact) mass is 300 g/mol. The van der Waals surface area contributed by atoms with Gasteiger partial charge < -0.3 is 10.2 Å². The highest BCUT2D eigenvalue weighted by atomic mass is 32.2. The van der Waals surface area contributed by atoms with E-state index in [1.54, 1.807) is 14.0 Å². The molecule has 0 fully saturated rings. The van der Waals surface area contributed by atoms with Crippen molar-refractivity contribution in [1.29, 1.82) is 0 Å². The van der Waals surface area contributed by atoms with Crippen molar-refractivity contribution in [2.24, 2.45) is 12.5 Å². The molecule has 0 unspecified atom stereocenters. The van der Waals surface area contributed by atoms with Crippen LogP contribution in [-0.2, 0) is 7.05 Å². The van der Waals surface area contributed by atoms with Gasteiger partial charge in [-0.15, -0.1) is 11.3 Å². The lowest BCUT2D eigenvalue weighted by Gasteiger charge is -2.23. The minimum Gasteiger partial charge on any atom is -0.396 e. The topological polar surface area (TPSA) is 75.3 Å². The molecule has 0 saturated heterocycles. The van der Waals surface area contributed by atoms with Crippen molar-refractivity contribution in [3.8, 4) is 0 Å². The van der Waals surface area contributed by atoms with Crippen molar-refractivity contribution in [3.63, 3.8) is 0 Å². The summed E-state index contributed by atoms with van der Waals surface area (Å²) >= 11 is 2.76. The molecule has 0 saturated carbocycles. The second-order valence-corrected chi connectivity index (χ2v) is 6.67. The molecule has 0 spiro atoms. The Morgan fingerprint density at radius 2 is 2.16 bits per heavy atom. The maximum Gasteiger partial charge on any atom is 0.271 e. The molecular formula is C12H16N2O3S2. The number of thiophene rings is 1. The number of aliphatic hydroxyl groups is 2. The summed E-state index contributed by atoms with van der Waals surface area (Å²) in [7, 11) is 1.69. The predicted octanol–water partition coefficient (Wildman–Crippen LogP) is 1.08. The van der Waals surface area contributed by atoms with E-state index < -0.39 is 5.41 Å². The number of thioether (sulfide) groups is 1. The fraction of sp³-hybridized carbons (Fsp3) is 0.500. The van der Waals surface area contributed by atoms with E-state index in [4.69, 9.17) is 0 Å². The second-order valence-electron chi connectivity index (χ2n) is 4.81. The number of hydrogen-bond donors (Lipinski definition) is 2. The Morgan fingerprint density at radius 3 is 2.79 bits per heavy atom. The van der Waals surface area contributed by atoms with E-state index in [-0.39, 0.29) is 18.8 Å². The third-order valence-electron chi connectivity index (χ3n) is 2.96. The average Bonchev–Trinajstić information content (AvgIpc) is 2.89. The minimum atomic E-state index is -0.577. The summed E-state index contributed by atoms with van der Waals surface area (Å²) in [4.78, 5) is 16.5. The van der Waals surface area contributed by atoms with Gasteiger partial charge >= 0.3 is 0 Å². The predicted molar refractivity (Wildman–Crippen MR) is 77.9 cm³/mol. The van der Waals surface area contributed by atoms with Crippen LogP contribution in [0.25, 0.3) is 10.2 Å². The normalized spacial score (nSPS) is 12.2. The van der Waals surface area contributed by atoms with Crippen LogP contribution in [0.5, 0.6) is 0 Å². The number of rotatable bonds is 5. The summed E-state index contributed by atoms with van der Waals surface area (Å²) < 4.78 is 2.16. The highest BCUT2D eigenvalue weighted by Crippen LogP contribution is 2.27. The first-order valence-corrected chi connectivity index (χ1v) is 7.66. The molecule has 104 valence electrons. The quantitative estimate of drug-likeness (QED) is 0.638. The fourth-order valence-corrected chi connectivity index (χ4v) is 3.38. The lowest BCUT2D eigenvalue weighted by molar-refractivity contribution is 0.0894. The summed E-state index contributed by atoms with van der Waals surface area (Å²) in [6.07, 6.45) is 0. The molecule has 0 amide bonds. The van der Waals surface area contributed by atoms with Crippen LogP contribution in [-0.4, -0.2) is 38.7 Å². The molecule has 2 heterocycles. The van der Waals surface area contributed by atoms with Gasteiger partial charge in [-0.25, -0.2) is 4.98 Å². The van der Waals surface area contributed by atoms with Gasteiger partial charge in [0.2, 0.25) is 0 Å². The smallest absolute Gasteiger partial charge is 0.271 e. The maximum absolute atomic E-state index is 12.1. The molecule has 19 heavy (non-hydrogen) atoms. The Morgan fingerprint density at radius 1 is 1.47 bits per heavy atom. The molecule has 0 aliphatic heterocycles. The Balaban J connectivity index is 2.31. The van der Waals surface area contributed by atoms with E-state index in [2.05, 4.69) is 4.98 Å². The molecule has 2 rings (SSSR count). The van der Waals surface area contributed by atoms with Gasteiger partial charge in [-0.05, 0) is 11.4 Å². The van der Waals surface area contributed by atoms with Crippen molar-refractivity contribution in [2.45, 2.75) is 12.1 Å². The molecule has 0 atom stereocenters. The van der Waals surface area contributed by atoms with Crippen LogP contribution in [0, 0.1) is 5.41 Å². The molecule has 2 N–H and O–H groups in total. The Labute approximate surface area is 118 Å². The van der Waals surface area contributed by atoms with Gasteiger partial charge in [0, 0.05) is 18.2 Å². The van der Waals surface area contributed by atoms with Gasteiger partial charge in [-0.2, -0.15) is 0 Å². The highest BCUT2D eigenvalue weighted by molar-refractivity contribution is 7.99. The van der Waals surface area contributed by atoms with Crippen LogP contribution in [0.15, 0.2) is 21.4 Å². The molecule has 5 nitrogen and oxygen atoms in total. The van der Waals surface area contributed by atoms with E-state index in [0.717, 1.165) is 0 Å². The largest absolute Gasteiger partial charge is 0.396 e. The Kier molecular flexibility index (Phi) is 4.29. The van der Waals surface area contributed by atoms with Crippen LogP contribution in [0.3, 0.4) is 0 Å². The molecule has 2 aromatic rings. The van der Waals surface area contributed by atoms with Crippen LogP contribution in [0.2, 0.25) is 0 Å². The number of aromatic nitrogens is 2. The second kappa shape index (κ2) is 5.62. The van der Waals surface area contributed by atoms with Crippen LogP contribution in [0.1, 0.15) is 6.92 Å². The Bertz CT molecular complexity index is 631. The standard InChI is InChI=1S/C12H16N2O3S2/c1-12(5-15,6-16)7-19-11-13-8-3-4-18-9(8)10(17)14(11)2/h3-4,15-16H,5-7H2,1-2H3. The van der Waals surface area contributed by atoms with Crippen molar-refractivity contribution in [2.75, 3.05) is 19.0 Å². The number of aliphatic hydroxyl groups excluding tert-OH is 2. The molecule has 0 aliphatic carbocycles.